The summed E-state index contributed by atoms with van der Waals surface area (Å²) in [5, 5.41) is 7.30. The molecule has 8 nitrogen and oxygen atoms in total. The Balaban J connectivity index is 1.65. The first kappa shape index (κ1) is 19.2. The van der Waals surface area contributed by atoms with Crippen LogP contribution in [0.4, 0.5) is 18.0 Å². The number of alkyl halides is 3. The number of carbonyl (C=O) groups is 2. The molecule has 2 heterocycles. The minimum absolute atomic E-state index is 0.0469. The quantitative estimate of drug-likeness (QED) is 0.791. The number of hydrogen-bond donors (Lipinski definition) is 2. The van der Waals surface area contributed by atoms with E-state index in [1.807, 2.05) is 23.2 Å². The predicted octanol–water partition coefficient (Wildman–Crippen LogP) is 0.489. The molecule has 1 aliphatic rings. The number of imide groups is 1. The van der Waals surface area contributed by atoms with E-state index >= 15 is 0 Å². The van der Waals surface area contributed by atoms with Crippen LogP contribution in [-0.4, -0.2) is 72.3 Å². The molecule has 0 unspecified atom stereocenters. The minimum Gasteiger partial charge on any atom is -0.360 e. The topological polar surface area (TPSA) is 90.7 Å². The third-order valence-corrected chi connectivity index (χ3v) is 3.59. The van der Waals surface area contributed by atoms with Gasteiger partial charge in [0.2, 0.25) is 5.91 Å². The summed E-state index contributed by atoms with van der Waals surface area (Å²) in [4.78, 5) is 26.9. The van der Waals surface area contributed by atoms with Crippen molar-refractivity contribution in [3.8, 4) is 0 Å². The third kappa shape index (κ3) is 7.10. The Morgan fingerprint density at radius 2 is 1.88 bits per heavy atom. The van der Waals surface area contributed by atoms with Gasteiger partial charge in [0.25, 0.3) is 0 Å². The molecular formula is C14H20F3N5O3. The second kappa shape index (κ2) is 8.30. The van der Waals surface area contributed by atoms with Gasteiger partial charge in [-0.25, -0.2) is 4.79 Å². The lowest BCUT2D eigenvalue weighted by Gasteiger charge is -2.33. The first-order valence-corrected chi connectivity index (χ1v) is 7.72. The van der Waals surface area contributed by atoms with E-state index in [1.165, 1.54) is 0 Å². The highest BCUT2D eigenvalue weighted by Gasteiger charge is 2.28. The summed E-state index contributed by atoms with van der Waals surface area (Å²) in [6, 6.07) is 0.709. The minimum atomic E-state index is -4.52. The molecule has 0 bridgehead atoms. The smallest absolute Gasteiger partial charge is 0.360 e. The van der Waals surface area contributed by atoms with E-state index in [-0.39, 0.29) is 6.54 Å². The molecule has 25 heavy (non-hydrogen) atoms. The van der Waals surface area contributed by atoms with Crippen LogP contribution in [0.1, 0.15) is 11.5 Å². The van der Waals surface area contributed by atoms with Crippen LogP contribution in [-0.2, 0) is 11.3 Å². The van der Waals surface area contributed by atoms with Gasteiger partial charge in [0, 0.05) is 32.2 Å². The number of aryl methyl sites for hydroxylation is 1. The van der Waals surface area contributed by atoms with Crippen LogP contribution >= 0.6 is 0 Å². The average Bonchev–Trinajstić information content (AvgIpc) is 2.91. The monoisotopic (exact) mass is 363 g/mol. The van der Waals surface area contributed by atoms with E-state index < -0.39 is 24.7 Å². The van der Waals surface area contributed by atoms with Crippen LogP contribution in [0, 0.1) is 6.92 Å². The second-order valence-electron chi connectivity index (χ2n) is 5.83. The van der Waals surface area contributed by atoms with Crippen LogP contribution in [0.15, 0.2) is 10.6 Å². The lowest BCUT2D eigenvalue weighted by Crippen LogP contribution is -2.51. The fourth-order valence-electron chi connectivity index (χ4n) is 2.41. The van der Waals surface area contributed by atoms with Crippen molar-refractivity contribution in [1.29, 1.82) is 0 Å². The molecule has 2 N–H and O–H groups in total. The highest BCUT2D eigenvalue weighted by Crippen LogP contribution is 2.12. The molecule has 0 aromatic carbocycles. The molecule has 2 rings (SSSR count). The van der Waals surface area contributed by atoms with Gasteiger partial charge in [-0.05, 0) is 6.92 Å². The van der Waals surface area contributed by atoms with Crippen LogP contribution in [0.2, 0.25) is 0 Å². The molecule has 1 aromatic heterocycles. The van der Waals surface area contributed by atoms with Gasteiger partial charge in [-0.1, -0.05) is 5.16 Å². The largest absolute Gasteiger partial charge is 0.405 e. The summed E-state index contributed by atoms with van der Waals surface area (Å²) in [6.45, 7) is 3.55. The van der Waals surface area contributed by atoms with E-state index in [9.17, 15) is 22.8 Å². The van der Waals surface area contributed by atoms with Gasteiger partial charge in [0.05, 0.1) is 18.8 Å². The highest BCUT2D eigenvalue weighted by atomic mass is 19.4. The molecule has 11 heteroatoms. The van der Waals surface area contributed by atoms with Gasteiger partial charge in [-0.15, -0.1) is 0 Å². The Morgan fingerprint density at radius 1 is 1.24 bits per heavy atom. The van der Waals surface area contributed by atoms with E-state index in [0.717, 1.165) is 11.5 Å². The first-order valence-electron chi connectivity index (χ1n) is 7.72. The first-order chi connectivity index (χ1) is 11.7. The Hall–Kier alpha value is -2.14. The molecule has 0 atom stereocenters. The van der Waals surface area contributed by atoms with Crippen molar-refractivity contribution in [2.75, 3.05) is 39.3 Å². The molecule has 1 fully saturated rings. The molecule has 1 saturated heterocycles. The van der Waals surface area contributed by atoms with Crippen molar-refractivity contribution in [2.24, 2.45) is 0 Å². The Labute approximate surface area is 142 Å². The van der Waals surface area contributed by atoms with Gasteiger partial charge in [-0.3, -0.25) is 19.9 Å². The Kier molecular flexibility index (Phi) is 6.37. The van der Waals surface area contributed by atoms with Crippen molar-refractivity contribution < 1.29 is 27.3 Å². The van der Waals surface area contributed by atoms with Gasteiger partial charge < -0.3 is 9.84 Å². The van der Waals surface area contributed by atoms with E-state index in [0.29, 0.717) is 32.7 Å². The SMILES string of the molecule is Cc1cc(CN2CCN(CC(=O)NC(=O)NCC(F)(F)F)CC2)on1. The fourth-order valence-corrected chi connectivity index (χ4v) is 2.41. The number of carbonyl (C=O) groups excluding carboxylic acids is 2. The fraction of sp³-hybridized carbons (Fsp3) is 0.643. The standard InChI is InChI=1S/C14H20F3N5O3/c1-10-6-11(25-20-10)7-21-2-4-22(5-3-21)8-12(23)19-13(24)18-9-14(15,16)17/h6H,2-5,7-9H2,1H3,(H2,18,19,23,24). The number of piperazine rings is 1. The number of nitrogens with zero attached hydrogens (tertiary/aromatic N) is 3. The normalized spacial score (nSPS) is 16.6. The number of halogens is 3. The van der Waals surface area contributed by atoms with Gasteiger partial charge >= 0.3 is 12.2 Å². The van der Waals surface area contributed by atoms with Gasteiger partial charge in [0.1, 0.15) is 6.54 Å². The zero-order chi connectivity index (χ0) is 18.4. The lowest BCUT2D eigenvalue weighted by molar-refractivity contribution is -0.125. The average molecular weight is 363 g/mol. The molecule has 0 radical (unpaired) electrons. The van der Waals surface area contributed by atoms with Crippen molar-refractivity contribution in [1.82, 2.24) is 25.6 Å². The van der Waals surface area contributed by atoms with Crippen LogP contribution < -0.4 is 10.6 Å². The van der Waals surface area contributed by atoms with Gasteiger partial charge in [-0.2, -0.15) is 13.2 Å². The molecule has 1 aliphatic heterocycles. The number of urea groups is 1. The van der Waals surface area contributed by atoms with E-state index in [1.54, 1.807) is 5.32 Å². The van der Waals surface area contributed by atoms with Gasteiger partial charge in [0.15, 0.2) is 5.76 Å². The second-order valence-corrected chi connectivity index (χ2v) is 5.83. The van der Waals surface area contributed by atoms with Crippen LogP contribution in [0.5, 0.6) is 0 Å². The van der Waals surface area contributed by atoms with Crippen molar-refractivity contribution in [3.05, 3.63) is 17.5 Å². The summed E-state index contributed by atoms with van der Waals surface area (Å²) in [6.07, 6.45) is -4.52. The number of aromatic nitrogens is 1. The Morgan fingerprint density at radius 3 is 2.44 bits per heavy atom. The highest BCUT2D eigenvalue weighted by molar-refractivity contribution is 5.95. The van der Waals surface area contributed by atoms with Crippen LogP contribution in [0.25, 0.3) is 0 Å². The van der Waals surface area contributed by atoms with E-state index in [2.05, 4.69) is 10.1 Å². The van der Waals surface area contributed by atoms with Crippen molar-refractivity contribution in [3.63, 3.8) is 0 Å². The van der Waals surface area contributed by atoms with Crippen LogP contribution in [0.3, 0.4) is 0 Å². The summed E-state index contributed by atoms with van der Waals surface area (Å²) >= 11 is 0. The number of nitrogens with one attached hydrogen (secondary N) is 2. The molecule has 1 aromatic rings. The number of hydrogen-bond acceptors (Lipinski definition) is 6. The molecule has 0 aliphatic carbocycles. The zero-order valence-corrected chi connectivity index (χ0v) is 13.7. The molecule has 0 saturated carbocycles. The number of amides is 3. The summed E-state index contributed by atoms with van der Waals surface area (Å²) < 4.78 is 41.1. The zero-order valence-electron chi connectivity index (χ0n) is 13.7. The predicted molar refractivity (Wildman–Crippen MR) is 80.6 cm³/mol. The maximum Gasteiger partial charge on any atom is 0.405 e. The number of rotatable bonds is 5. The molecule has 3 amide bonds. The molecular weight excluding hydrogens is 343 g/mol. The van der Waals surface area contributed by atoms with E-state index in [4.69, 9.17) is 4.52 Å². The third-order valence-electron chi connectivity index (χ3n) is 3.59. The molecule has 0 spiro atoms. The lowest BCUT2D eigenvalue weighted by atomic mass is 10.3. The maximum absolute atomic E-state index is 12.0. The Bertz CT molecular complexity index is 597. The summed E-state index contributed by atoms with van der Waals surface area (Å²) in [7, 11) is 0. The summed E-state index contributed by atoms with van der Waals surface area (Å²) in [5.74, 6) is 0.129. The maximum atomic E-state index is 12.0. The molecule has 140 valence electrons. The van der Waals surface area contributed by atoms with Crippen molar-refractivity contribution >= 4 is 11.9 Å². The van der Waals surface area contributed by atoms with Crippen molar-refractivity contribution in [2.45, 2.75) is 19.6 Å². The summed E-state index contributed by atoms with van der Waals surface area (Å²) in [5.41, 5.74) is 0.814.